The molecule has 0 unspecified atom stereocenters. The number of hydrogen-bond donors (Lipinski definition) is 2. The second kappa shape index (κ2) is 7.28. The fourth-order valence-electron chi connectivity index (χ4n) is 1.47. The molecule has 0 spiro atoms. The molecule has 5 nitrogen and oxygen atoms in total. The van der Waals surface area contributed by atoms with Crippen LogP contribution in [0.15, 0.2) is 6.07 Å². The minimum atomic E-state index is -4.55. The third-order valence-corrected chi connectivity index (χ3v) is 2.68. The number of hydrogen-bond acceptors (Lipinski definition) is 5. The van der Waals surface area contributed by atoms with Gasteiger partial charge >= 0.3 is 6.18 Å². The lowest BCUT2D eigenvalue weighted by Gasteiger charge is -2.15. The van der Waals surface area contributed by atoms with E-state index >= 15 is 0 Å². The highest BCUT2D eigenvalue weighted by atomic mass is 19.4. The molecule has 0 radical (unpaired) electrons. The molecule has 0 aliphatic carbocycles. The van der Waals surface area contributed by atoms with Crippen molar-refractivity contribution in [2.45, 2.75) is 20.0 Å². The number of nitrogens with one attached hydrogen (secondary N) is 2. The van der Waals surface area contributed by atoms with E-state index in [-0.39, 0.29) is 11.6 Å². The Bertz CT molecular complexity index is 422. The fourth-order valence-corrected chi connectivity index (χ4v) is 1.47. The first-order valence-corrected chi connectivity index (χ1v) is 6.49. The molecule has 0 aliphatic rings. The normalized spacial score (nSPS) is 11.8. The molecule has 8 heteroatoms. The zero-order chi connectivity index (χ0) is 15.2. The molecule has 1 heterocycles. The van der Waals surface area contributed by atoms with E-state index in [0.717, 1.165) is 13.1 Å². The van der Waals surface area contributed by atoms with Crippen LogP contribution < -0.4 is 10.6 Å². The van der Waals surface area contributed by atoms with Gasteiger partial charge in [-0.15, -0.1) is 0 Å². The van der Waals surface area contributed by atoms with Crippen molar-refractivity contribution in [3.8, 4) is 0 Å². The maximum atomic E-state index is 12.7. The van der Waals surface area contributed by atoms with E-state index in [1.54, 1.807) is 6.92 Å². The lowest BCUT2D eigenvalue weighted by atomic mass is 10.4. The first kappa shape index (κ1) is 16.5. The van der Waals surface area contributed by atoms with Crippen molar-refractivity contribution in [3.63, 3.8) is 0 Å². The zero-order valence-corrected chi connectivity index (χ0v) is 11.9. The van der Waals surface area contributed by atoms with Crippen molar-refractivity contribution in [1.29, 1.82) is 0 Å². The Hall–Kier alpha value is -1.57. The highest BCUT2D eigenvalue weighted by Crippen LogP contribution is 2.28. The van der Waals surface area contributed by atoms with Gasteiger partial charge in [-0.1, -0.05) is 6.92 Å². The fraction of sp³-hybridized carbons (Fsp3) is 0.667. The predicted molar refractivity (Wildman–Crippen MR) is 72.9 cm³/mol. The summed E-state index contributed by atoms with van der Waals surface area (Å²) in [5, 5.41) is 5.66. The molecular formula is C12H20F3N5. The molecule has 0 aromatic carbocycles. The Labute approximate surface area is 116 Å². The van der Waals surface area contributed by atoms with E-state index in [1.165, 1.54) is 6.07 Å². The number of alkyl halides is 3. The second-order valence-electron chi connectivity index (χ2n) is 4.31. The van der Waals surface area contributed by atoms with Gasteiger partial charge in [0.1, 0.15) is 11.6 Å². The van der Waals surface area contributed by atoms with Gasteiger partial charge in [0, 0.05) is 25.7 Å². The molecule has 1 aromatic heterocycles. The quantitative estimate of drug-likeness (QED) is 0.807. The van der Waals surface area contributed by atoms with Crippen LogP contribution in [0.3, 0.4) is 0 Å². The molecule has 1 aromatic rings. The molecule has 0 saturated heterocycles. The summed E-state index contributed by atoms with van der Waals surface area (Å²) in [6.07, 6.45) is -4.55. The molecule has 0 saturated carbocycles. The van der Waals surface area contributed by atoms with Crippen molar-refractivity contribution in [2.75, 3.05) is 43.9 Å². The summed E-state index contributed by atoms with van der Waals surface area (Å²) in [7, 11) is 1.94. The number of nitrogens with zero attached hydrogens (tertiary/aromatic N) is 3. The summed E-state index contributed by atoms with van der Waals surface area (Å²) in [5.74, 6) is -0.795. The zero-order valence-electron chi connectivity index (χ0n) is 11.9. The summed E-state index contributed by atoms with van der Waals surface area (Å²) < 4.78 is 38.1. The summed E-state index contributed by atoms with van der Waals surface area (Å²) in [4.78, 5) is 9.01. The minimum Gasteiger partial charge on any atom is -0.370 e. The lowest BCUT2D eigenvalue weighted by Crippen LogP contribution is -2.25. The summed E-state index contributed by atoms with van der Waals surface area (Å²) in [6, 6.07) is 1.48. The van der Waals surface area contributed by atoms with Gasteiger partial charge in [-0.05, 0) is 20.5 Å². The van der Waals surface area contributed by atoms with E-state index in [9.17, 15) is 13.2 Å². The molecule has 0 aliphatic heterocycles. The van der Waals surface area contributed by atoms with Gasteiger partial charge in [0.05, 0.1) is 0 Å². The van der Waals surface area contributed by atoms with Gasteiger partial charge in [-0.25, -0.2) is 9.97 Å². The summed E-state index contributed by atoms with van der Waals surface area (Å²) in [5.41, 5.74) is 0. The minimum absolute atomic E-state index is 0.168. The van der Waals surface area contributed by atoms with Crippen molar-refractivity contribution in [3.05, 3.63) is 11.9 Å². The second-order valence-corrected chi connectivity index (χ2v) is 4.31. The monoisotopic (exact) mass is 291 g/mol. The van der Waals surface area contributed by atoms with Crippen LogP contribution in [0.4, 0.5) is 24.8 Å². The Kier molecular flexibility index (Phi) is 6.00. The van der Waals surface area contributed by atoms with Crippen LogP contribution >= 0.6 is 0 Å². The first-order valence-electron chi connectivity index (χ1n) is 6.49. The van der Waals surface area contributed by atoms with Gasteiger partial charge < -0.3 is 15.5 Å². The SMILES string of the molecule is CCNc1cc(NCCN(C)CC)nc(C(F)(F)F)n1. The predicted octanol–water partition coefficient (Wildman–Crippen LogP) is 2.29. The largest absolute Gasteiger partial charge is 0.451 e. The summed E-state index contributed by atoms with van der Waals surface area (Å²) >= 11 is 0. The van der Waals surface area contributed by atoms with Crippen molar-refractivity contribution >= 4 is 11.6 Å². The number of rotatable bonds is 7. The van der Waals surface area contributed by atoms with Crippen LogP contribution in [0.2, 0.25) is 0 Å². The highest BCUT2D eigenvalue weighted by Gasteiger charge is 2.35. The average molecular weight is 291 g/mol. The Morgan fingerprint density at radius 2 is 1.75 bits per heavy atom. The van der Waals surface area contributed by atoms with Gasteiger partial charge in [0.15, 0.2) is 0 Å². The standard InChI is InChI=1S/C12H20F3N5/c1-4-16-9-8-10(17-6-7-20(3)5-2)19-11(18-9)12(13,14)15/h8H,4-7H2,1-3H3,(H2,16,17,18,19). The van der Waals surface area contributed by atoms with E-state index in [0.29, 0.717) is 13.1 Å². The third kappa shape index (κ3) is 5.20. The number of aromatic nitrogens is 2. The van der Waals surface area contributed by atoms with Crippen LogP contribution in [0.1, 0.15) is 19.7 Å². The van der Waals surface area contributed by atoms with Gasteiger partial charge in [0.2, 0.25) is 5.82 Å². The molecule has 20 heavy (non-hydrogen) atoms. The topological polar surface area (TPSA) is 53.1 Å². The molecular weight excluding hydrogens is 271 g/mol. The Morgan fingerprint density at radius 1 is 1.15 bits per heavy atom. The van der Waals surface area contributed by atoms with Crippen LogP contribution in [0, 0.1) is 0 Å². The van der Waals surface area contributed by atoms with Crippen LogP contribution in [-0.4, -0.2) is 48.1 Å². The lowest BCUT2D eigenvalue weighted by molar-refractivity contribution is -0.144. The van der Waals surface area contributed by atoms with E-state index < -0.39 is 12.0 Å². The molecule has 0 amide bonds. The van der Waals surface area contributed by atoms with E-state index in [2.05, 4.69) is 20.6 Å². The Balaban J connectivity index is 2.81. The van der Waals surface area contributed by atoms with Gasteiger partial charge in [-0.2, -0.15) is 13.2 Å². The van der Waals surface area contributed by atoms with E-state index in [4.69, 9.17) is 0 Å². The van der Waals surface area contributed by atoms with Crippen LogP contribution in [0.25, 0.3) is 0 Å². The van der Waals surface area contributed by atoms with E-state index in [1.807, 2.05) is 18.9 Å². The highest BCUT2D eigenvalue weighted by molar-refractivity contribution is 5.47. The van der Waals surface area contributed by atoms with Gasteiger partial charge in [-0.3, -0.25) is 0 Å². The molecule has 1 rings (SSSR count). The number of halogens is 3. The third-order valence-electron chi connectivity index (χ3n) is 2.68. The van der Waals surface area contributed by atoms with Gasteiger partial charge in [0.25, 0.3) is 0 Å². The molecule has 0 atom stereocenters. The maximum absolute atomic E-state index is 12.7. The number of anilines is 2. The first-order chi connectivity index (χ1) is 9.36. The van der Waals surface area contributed by atoms with Crippen molar-refractivity contribution < 1.29 is 13.2 Å². The van der Waals surface area contributed by atoms with Crippen LogP contribution in [0.5, 0.6) is 0 Å². The number of likely N-dealkylation sites (N-methyl/N-ethyl adjacent to an activating group) is 1. The molecule has 0 bridgehead atoms. The van der Waals surface area contributed by atoms with Crippen LogP contribution in [-0.2, 0) is 6.18 Å². The maximum Gasteiger partial charge on any atom is 0.451 e. The van der Waals surface area contributed by atoms with Crippen molar-refractivity contribution in [2.24, 2.45) is 0 Å². The average Bonchev–Trinajstić information content (AvgIpc) is 2.37. The molecule has 114 valence electrons. The Morgan fingerprint density at radius 3 is 2.25 bits per heavy atom. The van der Waals surface area contributed by atoms with Crippen molar-refractivity contribution in [1.82, 2.24) is 14.9 Å². The smallest absolute Gasteiger partial charge is 0.370 e. The summed E-state index contributed by atoms with van der Waals surface area (Å²) in [6.45, 7) is 6.41. The molecule has 2 N–H and O–H groups in total. The molecule has 0 fully saturated rings.